The highest BCUT2D eigenvalue weighted by molar-refractivity contribution is 5.99. The predicted molar refractivity (Wildman–Crippen MR) is 153 cm³/mol. The molecule has 2 aliphatic heterocycles. The van der Waals surface area contributed by atoms with E-state index >= 15 is 0 Å². The molecule has 3 heterocycles. The maximum atomic E-state index is 13.7. The number of ether oxygens (including phenoxy) is 1. The number of aromatic nitrogens is 2. The number of rotatable bonds is 8. The van der Waals surface area contributed by atoms with E-state index in [4.69, 9.17) is 9.15 Å². The van der Waals surface area contributed by atoms with Gasteiger partial charge in [0.15, 0.2) is 0 Å². The fraction of sp³-hybridized carbons (Fsp3) is 0.600. The first kappa shape index (κ1) is 31.0. The number of amides is 3. The summed E-state index contributed by atoms with van der Waals surface area (Å²) in [6.07, 6.45) is 0.156. The van der Waals surface area contributed by atoms with Crippen LogP contribution >= 0.6 is 0 Å². The molecule has 0 saturated carbocycles. The SMILES string of the molecule is CC(C)n1nc(C(=O)[C@@H]2CCCN2C(=O)CN(C(=O)OC(C)(C)C)C(C)(C)CC(=O)N2Cc3ccccc3C2)oc1=O. The number of nitrogens with zero attached hydrogens (tertiary/aromatic N) is 5. The minimum atomic E-state index is -1.09. The van der Waals surface area contributed by atoms with Crippen LogP contribution in [-0.4, -0.2) is 78.4 Å². The van der Waals surface area contributed by atoms with Crippen LogP contribution in [0.15, 0.2) is 33.5 Å². The van der Waals surface area contributed by atoms with E-state index in [9.17, 15) is 24.0 Å². The van der Waals surface area contributed by atoms with Crippen LogP contribution in [0.25, 0.3) is 0 Å². The topological polar surface area (TPSA) is 135 Å². The van der Waals surface area contributed by atoms with Crippen molar-refractivity contribution in [3.05, 3.63) is 51.8 Å². The molecule has 0 unspecified atom stereocenters. The highest BCUT2D eigenvalue weighted by Crippen LogP contribution is 2.29. The van der Waals surface area contributed by atoms with Crippen LogP contribution in [0.5, 0.6) is 0 Å². The van der Waals surface area contributed by atoms with E-state index in [1.54, 1.807) is 53.4 Å². The molecule has 42 heavy (non-hydrogen) atoms. The zero-order chi connectivity index (χ0) is 31.0. The molecule has 2 aliphatic rings. The summed E-state index contributed by atoms with van der Waals surface area (Å²) >= 11 is 0. The number of Topliss-reactive ketones (excluding diaryl/α,β-unsaturated/α-hetero) is 1. The summed E-state index contributed by atoms with van der Waals surface area (Å²) in [4.78, 5) is 70.4. The number of hydrogen-bond donors (Lipinski definition) is 0. The van der Waals surface area contributed by atoms with Gasteiger partial charge in [0.05, 0.1) is 6.04 Å². The van der Waals surface area contributed by atoms with Crippen molar-refractivity contribution in [2.75, 3.05) is 13.1 Å². The van der Waals surface area contributed by atoms with E-state index in [-0.39, 0.29) is 30.8 Å². The lowest BCUT2D eigenvalue weighted by molar-refractivity contribution is -0.138. The van der Waals surface area contributed by atoms with Crippen LogP contribution < -0.4 is 5.76 Å². The third-order valence-electron chi connectivity index (χ3n) is 7.56. The second-order valence-corrected chi connectivity index (χ2v) is 12.9. The summed E-state index contributed by atoms with van der Waals surface area (Å²) in [5, 5.41) is 4.03. The van der Waals surface area contributed by atoms with Gasteiger partial charge in [0.25, 0.3) is 5.89 Å². The number of benzene rings is 1. The molecule has 1 aromatic heterocycles. The molecule has 1 atom stereocenters. The van der Waals surface area contributed by atoms with Crippen LogP contribution in [0, 0.1) is 0 Å². The molecule has 0 bridgehead atoms. The number of likely N-dealkylation sites (tertiary alicyclic amines) is 1. The molecule has 12 heteroatoms. The van der Waals surface area contributed by atoms with Crippen molar-refractivity contribution < 1.29 is 28.3 Å². The van der Waals surface area contributed by atoms with Gasteiger partial charge in [0.1, 0.15) is 18.2 Å². The zero-order valence-corrected chi connectivity index (χ0v) is 25.5. The molecular formula is C30H41N5O7. The zero-order valence-electron chi connectivity index (χ0n) is 25.5. The van der Waals surface area contributed by atoms with Crippen LogP contribution in [0.3, 0.4) is 0 Å². The molecule has 1 saturated heterocycles. The van der Waals surface area contributed by atoms with Gasteiger partial charge in [-0.2, -0.15) is 4.68 Å². The standard InChI is InChI=1S/C30H41N5O7/c1-19(2)35-28(40)41-26(31-35)25(38)22-13-10-14-33(22)24(37)18-34(27(39)42-29(3,4)5)30(6,7)15-23(36)32-16-20-11-8-9-12-21(20)17-32/h8-9,11-12,19,22H,10,13-18H2,1-7H3/t22-/m0/s1. The van der Waals surface area contributed by atoms with Crippen LogP contribution in [0.2, 0.25) is 0 Å². The van der Waals surface area contributed by atoms with Gasteiger partial charge in [0, 0.05) is 31.6 Å². The van der Waals surface area contributed by atoms with Gasteiger partial charge in [-0.3, -0.25) is 19.3 Å². The number of fused-ring (bicyclic) bond motifs is 1. The van der Waals surface area contributed by atoms with Gasteiger partial charge >= 0.3 is 11.8 Å². The Morgan fingerprint density at radius 1 is 1.05 bits per heavy atom. The second kappa shape index (κ2) is 11.7. The minimum absolute atomic E-state index is 0.0341. The summed E-state index contributed by atoms with van der Waals surface area (Å²) in [5.74, 6) is -2.28. The molecule has 228 valence electrons. The molecular weight excluding hydrogens is 542 g/mol. The van der Waals surface area contributed by atoms with Gasteiger partial charge in [0.2, 0.25) is 17.6 Å². The molecule has 0 spiro atoms. The lowest BCUT2D eigenvalue weighted by Gasteiger charge is -2.40. The van der Waals surface area contributed by atoms with Crippen molar-refractivity contribution in [2.24, 2.45) is 0 Å². The van der Waals surface area contributed by atoms with Crippen LogP contribution in [0.4, 0.5) is 4.79 Å². The predicted octanol–water partition coefficient (Wildman–Crippen LogP) is 3.54. The first-order valence-electron chi connectivity index (χ1n) is 14.4. The van der Waals surface area contributed by atoms with Gasteiger partial charge in [-0.1, -0.05) is 24.3 Å². The molecule has 1 fully saturated rings. The van der Waals surface area contributed by atoms with Gasteiger partial charge in [-0.25, -0.2) is 9.59 Å². The number of carbonyl (C=O) groups excluding carboxylic acids is 4. The van der Waals surface area contributed by atoms with Crippen molar-refractivity contribution in [3.8, 4) is 0 Å². The Hall–Kier alpha value is -3.96. The Labute approximate surface area is 245 Å². The molecule has 0 radical (unpaired) electrons. The van der Waals surface area contributed by atoms with Crippen molar-refractivity contribution in [2.45, 2.75) is 104 Å². The molecule has 0 aliphatic carbocycles. The monoisotopic (exact) mass is 583 g/mol. The third kappa shape index (κ3) is 6.74. The minimum Gasteiger partial charge on any atom is -0.444 e. The Bertz CT molecular complexity index is 1390. The number of carbonyl (C=O) groups is 4. The number of ketones is 1. The quantitative estimate of drug-likeness (QED) is 0.431. The normalized spacial score (nSPS) is 17.0. The molecule has 2 aromatic rings. The van der Waals surface area contributed by atoms with Crippen molar-refractivity contribution in [3.63, 3.8) is 0 Å². The maximum absolute atomic E-state index is 13.7. The van der Waals surface area contributed by atoms with E-state index in [0.717, 1.165) is 15.8 Å². The van der Waals surface area contributed by atoms with E-state index in [1.165, 1.54) is 9.80 Å². The van der Waals surface area contributed by atoms with E-state index in [2.05, 4.69) is 5.10 Å². The first-order chi connectivity index (χ1) is 19.6. The van der Waals surface area contributed by atoms with E-state index < -0.39 is 47.3 Å². The summed E-state index contributed by atoms with van der Waals surface area (Å²) in [6.45, 7) is 13.0. The summed E-state index contributed by atoms with van der Waals surface area (Å²) < 4.78 is 11.8. The molecule has 4 rings (SSSR count). The fourth-order valence-corrected chi connectivity index (χ4v) is 5.35. The smallest absolute Gasteiger partial charge is 0.437 e. The highest BCUT2D eigenvalue weighted by Gasteiger charge is 2.42. The van der Waals surface area contributed by atoms with Gasteiger partial charge in [-0.05, 0) is 72.4 Å². The number of hydrogen-bond acceptors (Lipinski definition) is 8. The van der Waals surface area contributed by atoms with E-state index in [0.29, 0.717) is 25.9 Å². The van der Waals surface area contributed by atoms with Crippen molar-refractivity contribution in [1.29, 1.82) is 0 Å². The summed E-state index contributed by atoms with van der Waals surface area (Å²) in [7, 11) is 0. The second-order valence-electron chi connectivity index (χ2n) is 12.9. The fourth-order valence-electron chi connectivity index (χ4n) is 5.35. The average Bonchev–Trinajstić information content (AvgIpc) is 3.63. The average molecular weight is 584 g/mol. The molecule has 1 aromatic carbocycles. The lowest BCUT2D eigenvalue weighted by Crippen LogP contribution is -2.56. The Morgan fingerprint density at radius 2 is 1.67 bits per heavy atom. The van der Waals surface area contributed by atoms with Gasteiger partial charge in [-0.15, -0.1) is 5.10 Å². The van der Waals surface area contributed by atoms with E-state index in [1.807, 2.05) is 24.3 Å². The molecule has 12 nitrogen and oxygen atoms in total. The summed E-state index contributed by atoms with van der Waals surface area (Å²) in [6, 6.07) is 6.67. The molecule has 3 amide bonds. The Kier molecular flexibility index (Phi) is 8.65. The van der Waals surface area contributed by atoms with Crippen LogP contribution in [0.1, 0.15) is 95.6 Å². The Balaban J connectivity index is 1.52. The van der Waals surface area contributed by atoms with Crippen molar-refractivity contribution in [1.82, 2.24) is 24.5 Å². The van der Waals surface area contributed by atoms with Crippen LogP contribution in [-0.2, 0) is 27.4 Å². The third-order valence-corrected chi connectivity index (χ3v) is 7.56. The Morgan fingerprint density at radius 3 is 2.21 bits per heavy atom. The first-order valence-corrected chi connectivity index (χ1v) is 14.4. The summed E-state index contributed by atoms with van der Waals surface area (Å²) in [5.41, 5.74) is 0.239. The maximum Gasteiger partial charge on any atom is 0.437 e. The molecule has 0 N–H and O–H groups in total. The highest BCUT2D eigenvalue weighted by atomic mass is 16.6. The van der Waals surface area contributed by atoms with Gasteiger partial charge < -0.3 is 19.0 Å². The van der Waals surface area contributed by atoms with Crippen molar-refractivity contribution >= 4 is 23.7 Å². The largest absolute Gasteiger partial charge is 0.444 e. The lowest BCUT2D eigenvalue weighted by atomic mass is 9.97.